The van der Waals surface area contributed by atoms with Gasteiger partial charge in [0, 0.05) is 7.05 Å². The Labute approximate surface area is 144 Å². The van der Waals surface area contributed by atoms with Crippen LogP contribution < -0.4 is 21.1 Å². The zero-order valence-corrected chi connectivity index (χ0v) is 14.4. The molecular formula is C14H17Cl2N5O2. The van der Waals surface area contributed by atoms with Crippen LogP contribution >= 0.6 is 23.2 Å². The zero-order valence-electron chi connectivity index (χ0n) is 12.9. The number of amides is 1. The van der Waals surface area contributed by atoms with Crippen molar-refractivity contribution >= 4 is 40.6 Å². The highest BCUT2D eigenvalue weighted by molar-refractivity contribution is 6.33. The van der Waals surface area contributed by atoms with E-state index in [4.69, 9.17) is 27.9 Å². The van der Waals surface area contributed by atoms with Gasteiger partial charge in [0.1, 0.15) is 10.8 Å². The summed E-state index contributed by atoms with van der Waals surface area (Å²) in [5.41, 5.74) is 5.41. The fourth-order valence-corrected chi connectivity index (χ4v) is 1.91. The Hall–Kier alpha value is -2.09. The third kappa shape index (κ3) is 4.95. The molecule has 0 bridgehead atoms. The van der Waals surface area contributed by atoms with E-state index in [1.54, 1.807) is 25.2 Å². The van der Waals surface area contributed by atoms with Crippen LogP contribution in [0.1, 0.15) is 10.4 Å². The monoisotopic (exact) mass is 357 g/mol. The van der Waals surface area contributed by atoms with Gasteiger partial charge in [0.2, 0.25) is 5.28 Å². The van der Waals surface area contributed by atoms with Gasteiger partial charge >= 0.3 is 0 Å². The second-order valence-corrected chi connectivity index (χ2v) is 4.70. The minimum Gasteiger partial charge on any atom is -0.497 e. The lowest BCUT2D eigenvalue weighted by Crippen LogP contribution is -2.19. The Morgan fingerprint density at radius 1 is 1.30 bits per heavy atom. The summed E-state index contributed by atoms with van der Waals surface area (Å²) in [5.74, 6) is 0.602. The predicted octanol–water partition coefficient (Wildman–Crippen LogP) is 2.47. The summed E-state index contributed by atoms with van der Waals surface area (Å²) in [6, 6.07) is 5.01. The Bertz CT molecular complexity index is 682. The number of ether oxygens (including phenoxy) is 1. The van der Waals surface area contributed by atoms with Crippen molar-refractivity contribution in [1.29, 1.82) is 0 Å². The second kappa shape index (κ2) is 9.14. The molecule has 1 aromatic heterocycles. The van der Waals surface area contributed by atoms with Crippen molar-refractivity contribution in [2.45, 2.75) is 0 Å². The van der Waals surface area contributed by atoms with Crippen molar-refractivity contribution in [3.8, 4) is 5.75 Å². The molecule has 0 radical (unpaired) electrons. The molecule has 7 nitrogen and oxygen atoms in total. The highest BCUT2D eigenvalue weighted by Crippen LogP contribution is 2.28. The van der Waals surface area contributed by atoms with Crippen LogP contribution in [0.4, 0.5) is 11.5 Å². The van der Waals surface area contributed by atoms with Gasteiger partial charge < -0.3 is 21.1 Å². The first kappa shape index (κ1) is 19.0. The number of hydrogen-bond donors (Lipinski definition) is 3. The van der Waals surface area contributed by atoms with Crippen molar-refractivity contribution < 1.29 is 9.53 Å². The Morgan fingerprint density at radius 2 is 2.00 bits per heavy atom. The van der Waals surface area contributed by atoms with Crippen LogP contribution in [-0.2, 0) is 0 Å². The summed E-state index contributed by atoms with van der Waals surface area (Å²) in [7, 11) is 4.57. The van der Waals surface area contributed by atoms with Gasteiger partial charge in [0.05, 0.1) is 24.6 Å². The molecule has 0 aliphatic carbocycles. The molecule has 0 atom stereocenters. The van der Waals surface area contributed by atoms with Crippen molar-refractivity contribution in [2.24, 2.45) is 5.73 Å². The van der Waals surface area contributed by atoms with Crippen molar-refractivity contribution in [3.63, 3.8) is 0 Å². The largest absolute Gasteiger partial charge is 0.497 e. The number of anilines is 2. The molecule has 0 aliphatic heterocycles. The van der Waals surface area contributed by atoms with Crippen LogP contribution in [-0.4, -0.2) is 37.1 Å². The normalized spacial score (nSPS) is 9.48. The predicted molar refractivity (Wildman–Crippen MR) is 91.8 cm³/mol. The first-order chi connectivity index (χ1) is 11.0. The highest BCUT2D eigenvalue weighted by atomic mass is 35.5. The summed E-state index contributed by atoms with van der Waals surface area (Å²) in [6.07, 6.45) is 1.38. The molecule has 0 aliphatic rings. The van der Waals surface area contributed by atoms with E-state index in [1.165, 1.54) is 20.4 Å². The summed E-state index contributed by atoms with van der Waals surface area (Å²) in [4.78, 5) is 19.7. The van der Waals surface area contributed by atoms with Crippen LogP contribution in [0.3, 0.4) is 0 Å². The molecular weight excluding hydrogens is 341 g/mol. The van der Waals surface area contributed by atoms with Crippen LogP contribution in [0.25, 0.3) is 0 Å². The quantitative estimate of drug-likeness (QED) is 0.726. The average Bonchev–Trinajstić information content (AvgIpc) is 2.59. The summed E-state index contributed by atoms with van der Waals surface area (Å²) in [5, 5.41) is 5.87. The van der Waals surface area contributed by atoms with Crippen molar-refractivity contribution in [3.05, 3.63) is 40.3 Å². The lowest BCUT2D eigenvalue weighted by molar-refractivity contribution is 0.0963. The van der Waals surface area contributed by atoms with Gasteiger partial charge in [-0.3, -0.25) is 4.79 Å². The molecule has 124 valence electrons. The summed E-state index contributed by atoms with van der Waals surface area (Å²) >= 11 is 11.7. The number of hydrogen-bond acceptors (Lipinski definition) is 6. The first-order valence-electron chi connectivity index (χ1n) is 6.48. The molecule has 4 N–H and O–H groups in total. The third-order valence-electron chi connectivity index (χ3n) is 2.67. The number of benzene rings is 1. The van der Waals surface area contributed by atoms with E-state index >= 15 is 0 Å². The fraction of sp³-hybridized carbons (Fsp3) is 0.214. The molecule has 23 heavy (non-hydrogen) atoms. The molecule has 1 heterocycles. The van der Waals surface area contributed by atoms with Gasteiger partial charge in [-0.2, -0.15) is 4.98 Å². The Morgan fingerprint density at radius 3 is 2.61 bits per heavy atom. The van der Waals surface area contributed by atoms with Crippen LogP contribution in [0.2, 0.25) is 10.3 Å². The minimum absolute atomic E-state index is 0.0527. The van der Waals surface area contributed by atoms with Crippen LogP contribution in [0.15, 0.2) is 24.4 Å². The smallest absolute Gasteiger partial charge is 0.253 e. The maximum atomic E-state index is 11.9. The number of nitrogens with zero attached hydrogens (tertiary/aromatic N) is 2. The number of carbonyl (C=O) groups is 1. The van der Waals surface area contributed by atoms with E-state index in [1.807, 2.05) is 0 Å². The maximum Gasteiger partial charge on any atom is 0.253 e. The van der Waals surface area contributed by atoms with E-state index in [2.05, 4.69) is 26.3 Å². The van der Waals surface area contributed by atoms with Gasteiger partial charge in [0.15, 0.2) is 5.82 Å². The Balaban J connectivity index is 0.00000127. The molecule has 2 rings (SSSR count). The second-order valence-electron chi connectivity index (χ2n) is 3.95. The third-order valence-corrected chi connectivity index (χ3v) is 3.12. The van der Waals surface area contributed by atoms with Crippen LogP contribution in [0.5, 0.6) is 5.75 Å². The lowest BCUT2D eigenvalue weighted by atomic mass is 10.1. The van der Waals surface area contributed by atoms with E-state index < -0.39 is 0 Å². The highest BCUT2D eigenvalue weighted by Gasteiger charge is 2.14. The molecule has 0 spiro atoms. The van der Waals surface area contributed by atoms with Crippen LogP contribution in [0, 0.1) is 0 Å². The topological polar surface area (TPSA) is 102 Å². The molecule has 9 heteroatoms. The minimum atomic E-state index is -0.271. The number of aromatic nitrogens is 2. The van der Waals surface area contributed by atoms with E-state index in [0.29, 0.717) is 22.8 Å². The molecule has 0 saturated heterocycles. The summed E-state index contributed by atoms with van der Waals surface area (Å²) < 4.78 is 5.12. The number of methoxy groups -OCH3 is 1. The van der Waals surface area contributed by atoms with Gasteiger partial charge in [0.25, 0.3) is 5.91 Å². The molecule has 2 aromatic rings. The van der Waals surface area contributed by atoms with Crippen molar-refractivity contribution in [2.75, 3.05) is 26.5 Å². The molecule has 1 aromatic carbocycles. The SMILES string of the molecule is CN.CNC(=O)c1cc(OC)ccc1Nc1nc(Cl)ncc1Cl. The molecule has 0 unspecified atom stereocenters. The fourth-order valence-electron chi connectivity index (χ4n) is 1.64. The number of nitrogens with one attached hydrogen (secondary N) is 2. The number of rotatable bonds is 4. The molecule has 0 fully saturated rings. The maximum absolute atomic E-state index is 11.9. The first-order valence-corrected chi connectivity index (χ1v) is 7.23. The standard InChI is InChI=1S/C13H12Cl2N4O2.CH5N/c1-16-12(20)8-5-7(21-2)3-4-10(8)18-11-9(14)6-17-13(15)19-11;1-2/h3-6H,1-2H3,(H,16,20)(H,17,18,19);2H2,1H3. The zero-order chi connectivity index (χ0) is 17.4. The Kier molecular flexibility index (Phi) is 7.53. The average molecular weight is 358 g/mol. The van der Waals surface area contributed by atoms with E-state index in [0.717, 1.165) is 0 Å². The van der Waals surface area contributed by atoms with Gasteiger partial charge in [-0.25, -0.2) is 4.98 Å². The van der Waals surface area contributed by atoms with E-state index in [9.17, 15) is 4.79 Å². The molecule has 0 saturated carbocycles. The van der Waals surface area contributed by atoms with Crippen molar-refractivity contribution in [1.82, 2.24) is 15.3 Å². The number of nitrogens with two attached hydrogens (primary N) is 1. The number of carbonyl (C=O) groups excluding carboxylic acids is 1. The summed E-state index contributed by atoms with van der Waals surface area (Å²) in [6.45, 7) is 0. The lowest BCUT2D eigenvalue weighted by Gasteiger charge is -2.13. The van der Waals surface area contributed by atoms with Gasteiger partial charge in [-0.15, -0.1) is 0 Å². The van der Waals surface area contributed by atoms with E-state index in [-0.39, 0.29) is 16.2 Å². The molecule has 1 amide bonds. The number of halogens is 2. The van der Waals surface area contributed by atoms with Gasteiger partial charge in [-0.05, 0) is 36.8 Å². The van der Waals surface area contributed by atoms with Gasteiger partial charge in [-0.1, -0.05) is 11.6 Å².